The first-order chi connectivity index (χ1) is 9.58. The zero-order chi connectivity index (χ0) is 14.3. The van der Waals surface area contributed by atoms with Gasteiger partial charge in [0.05, 0.1) is 5.02 Å². The predicted molar refractivity (Wildman–Crippen MR) is 86.1 cm³/mol. The number of benzene rings is 2. The Morgan fingerprint density at radius 3 is 2.50 bits per heavy atom. The van der Waals surface area contributed by atoms with Crippen LogP contribution in [0.15, 0.2) is 54.6 Å². The first-order valence-electron chi connectivity index (χ1n) is 5.61. The third-order valence-corrected chi connectivity index (χ3v) is 4.64. The van der Waals surface area contributed by atoms with E-state index >= 15 is 0 Å². The molecule has 0 aliphatic carbocycles. The van der Waals surface area contributed by atoms with Gasteiger partial charge in [0.2, 0.25) is 5.89 Å². The Morgan fingerprint density at radius 2 is 1.80 bits per heavy atom. The molecular weight excluding hydrogens is 409 g/mol. The molecule has 0 atom stereocenters. The summed E-state index contributed by atoms with van der Waals surface area (Å²) in [5.74, 6) is 0.245. The molecule has 2 aromatic carbocycles. The molecule has 0 fully saturated rings. The lowest BCUT2D eigenvalue weighted by atomic mass is 10.2. The molecule has 6 heteroatoms. The molecule has 0 aliphatic heterocycles. The Balaban J connectivity index is 2.40. The highest BCUT2D eigenvalue weighted by molar-refractivity contribution is 9.11. The van der Waals surface area contributed by atoms with Crippen molar-refractivity contribution in [2.75, 3.05) is 0 Å². The van der Waals surface area contributed by atoms with Crippen LogP contribution in [-0.2, 0) is 0 Å². The van der Waals surface area contributed by atoms with Crippen molar-refractivity contribution >= 4 is 54.4 Å². The number of hydrogen-bond donors (Lipinski definition) is 0. The van der Waals surface area contributed by atoms with Crippen molar-refractivity contribution in [3.8, 4) is 11.5 Å². The van der Waals surface area contributed by atoms with Crippen LogP contribution in [0.5, 0.6) is 0 Å². The molecule has 0 amide bonds. The Bertz CT molecular complexity index is 862. The second-order valence-electron chi connectivity index (χ2n) is 4.05. The first-order valence-corrected chi connectivity index (χ1v) is 7.58. The van der Waals surface area contributed by atoms with Gasteiger partial charge >= 0.3 is 5.63 Å². The quantitative estimate of drug-likeness (QED) is 0.524. The number of rotatable bonds is 1. The maximum Gasteiger partial charge on any atom is 0.348 e. The number of fused-ring (bicyclic) bond motifs is 1. The molecule has 0 saturated heterocycles. The third kappa shape index (κ3) is 2.30. The topological polar surface area (TPSA) is 43.1 Å². The summed E-state index contributed by atoms with van der Waals surface area (Å²) in [6.07, 6.45) is 0. The highest BCUT2D eigenvalue weighted by Crippen LogP contribution is 2.34. The minimum Gasteiger partial charge on any atom is -0.403 e. The van der Waals surface area contributed by atoms with Crippen LogP contribution in [0.2, 0.25) is 5.02 Å². The molecule has 20 heavy (non-hydrogen) atoms. The van der Waals surface area contributed by atoms with Crippen molar-refractivity contribution in [3.05, 3.63) is 60.8 Å². The molecule has 0 bridgehead atoms. The largest absolute Gasteiger partial charge is 0.403 e. The number of nitrogens with zero attached hydrogens (tertiary/aromatic N) is 1. The highest BCUT2D eigenvalue weighted by atomic mass is 79.9. The molecule has 0 N–H and O–H groups in total. The second-order valence-corrected chi connectivity index (χ2v) is 6.14. The Hall–Kier alpha value is -1.17. The van der Waals surface area contributed by atoms with Crippen LogP contribution in [0.25, 0.3) is 22.4 Å². The molecule has 3 rings (SSSR count). The van der Waals surface area contributed by atoms with E-state index in [1.54, 1.807) is 6.07 Å². The maximum absolute atomic E-state index is 12.1. The van der Waals surface area contributed by atoms with Crippen LogP contribution in [0.4, 0.5) is 0 Å². The number of hydrogen-bond acceptors (Lipinski definition) is 3. The molecule has 1 heterocycles. The van der Waals surface area contributed by atoms with Gasteiger partial charge in [-0.3, -0.25) is 0 Å². The van der Waals surface area contributed by atoms with Crippen LogP contribution in [0.1, 0.15) is 0 Å². The van der Waals surface area contributed by atoms with Gasteiger partial charge in [-0.1, -0.05) is 29.8 Å². The van der Waals surface area contributed by atoms with Crippen molar-refractivity contribution in [2.45, 2.75) is 0 Å². The van der Waals surface area contributed by atoms with E-state index < -0.39 is 5.63 Å². The maximum atomic E-state index is 12.1. The summed E-state index contributed by atoms with van der Waals surface area (Å²) >= 11 is 12.9. The van der Waals surface area contributed by atoms with E-state index in [1.165, 1.54) is 0 Å². The van der Waals surface area contributed by atoms with Gasteiger partial charge in [0.1, 0.15) is 10.9 Å². The van der Waals surface area contributed by atoms with Crippen molar-refractivity contribution in [1.82, 2.24) is 4.98 Å². The second kappa shape index (κ2) is 5.31. The monoisotopic (exact) mass is 413 g/mol. The lowest BCUT2D eigenvalue weighted by molar-refractivity contribution is 0.518. The first kappa shape index (κ1) is 13.8. The number of halogens is 3. The van der Waals surface area contributed by atoms with Crippen LogP contribution in [-0.4, -0.2) is 4.98 Å². The van der Waals surface area contributed by atoms with Gasteiger partial charge in [-0.15, -0.1) is 0 Å². The zero-order valence-electron chi connectivity index (χ0n) is 9.86. The molecule has 0 radical (unpaired) electrons. The Kier molecular flexibility index (Phi) is 3.67. The molecule has 3 aromatic rings. The van der Waals surface area contributed by atoms with E-state index in [9.17, 15) is 4.79 Å². The zero-order valence-corrected chi connectivity index (χ0v) is 13.8. The fourth-order valence-corrected chi connectivity index (χ4v) is 3.34. The summed E-state index contributed by atoms with van der Waals surface area (Å²) < 4.78 is 6.53. The summed E-state index contributed by atoms with van der Waals surface area (Å²) in [5.41, 5.74) is 0.650. The SMILES string of the molecule is O=c1oc(-c2ccccc2)nc2c(Cl)c(Br)cc(Br)c12. The van der Waals surface area contributed by atoms with Crippen molar-refractivity contribution in [3.63, 3.8) is 0 Å². The smallest absolute Gasteiger partial charge is 0.348 e. The average Bonchev–Trinajstić information content (AvgIpc) is 2.45. The summed E-state index contributed by atoms with van der Waals surface area (Å²) in [7, 11) is 0. The summed E-state index contributed by atoms with van der Waals surface area (Å²) in [5, 5.41) is 0.714. The highest BCUT2D eigenvalue weighted by Gasteiger charge is 2.16. The van der Waals surface area contributed by atoms with E-state index in [0.717, 1.165) is 5.56 Å². The van der Waals surface area contributed by atoms with Gasteiger partial charge in [-0.25, -0.2) is 9.78 Å². The lowest BCUT2D eigenvalue weighted by Gasteiger charge is -2.06. The van der Waals surface area contributed by atoms with Crippen LogP contribution in [0.3, 0.4) is 0 Å². The third-order valence-electron chi connectivity index (χ3n) is 2.77. The molecule has 0 unspecified atom stereocenters. The molecule has 3 nitrogen and oxygen atoms in total. The van der Waals surface area contributed by atoms with E-state index in [1.807, 2.05) is 30.3 Å². The van der Waals surface area contributed by atoms with E-state index in [4.69, 9.17) is 16.0 Å². The van der Waals surface area contributed by atoms with E-state index in [-0.39, 0.29) is 5.89 Å². The minimum atomic E-state index is -0.477. The summed E-state index contributed by atoms with van der Waals surface area (Å²) in [4.78, 5) is 16.5. The summed E-state index contributed by atoms with van der Waals surface area (Å²) in [6.45, 7) is 0. The number of aromatic nitrogens is 1. The molecule has 1 aromatic heterocycles. The van der Waals surface area contributed by atoms with Crippen molar-refractivity contribution in [2.24, 2.45) is 0 Å². The minimum absolute atomic E-state index is 0.245. The van der Waals surface area contributed by atoms with E-state index in [0.29, 0.717) is 24.9 Å². The van der Waals surface area contributed by atoms with Crippen molar-refractivity contribution in [1.29, 1.82) is 0 Å². The summed E-state index contributed by atoms with van der Waals surface area (Å²) in [6, 6.07) is 10.9. The molecule has 0 aliphatic rings. The van der Waals surface area contributed by atoms with Crippen LogP contribution < -0.4 is 5.63 Å². The Morgan fingerprint density at radius 1 is 1.10 bits per heavy atom. The van der Waals surface area contributed by atoms with Gasteiger partial charge in [0, 0.05) is 14.5 Å². The molecule has 0 spiro atoms. The standard InChI is InChI=1S/C14H6Br2ClNO2/c15-8-6-9(16)11(17)12-10(8)14(19)20-13(18-12)7-4-2-1-3-5-7/h1-6H. The van der Waals surface area contributed by atoms with Crippen LogP contribution >= 0.6 is 43.5 Å². The van der Waals surface area contributed by atoms with Gasteiger partial charge < -0.3 is 4.42 Å². The fraction of sp³-hybridized carbons (Fsp3) is 0. The molecule has 100 valence electrons. The van der Waals surface area contributed by atoms with Crippen molar-refractivity contribution < 1.29 is 4.42 Å². The fourth-order valence-electron chi connectivity index (χ4n) is 1.85. The van der Waals surface area contributed by atoms with Crippen LogP contribution in [0, 0.1) is 0 Å². The Labute approximate surface area is 135 Å². The van der Waals surface area contributed by atoms with Gasteiger partial charge in [-0.05, 0) is 50.1 Å². The lowest BCUT2D eigenvalue weighted by Crippen LogP contribution is -2.04. The van der Waals surface area contributed by atoms with Gasteiger partial charge in [0.25, 0.3) is 0 Å². The average molecular weight is 415 g/mol. The van der Waals surface area contributed by atoms with Gasteiger partial charge in [0.15, 0.2) is 0 Å². The molecule has 0 saturated carbocycles. The van der Waals surface area contributed by atoms with E-state index in [2.05, 4.69) is 36.8 Å². The normalized spacial score (nSPS) is 10.9. The predicted octanol–water partition coefficient (Wildman–Crippen LogP) is 5.03. The molecular formula is C14H6Br2ClNO2. The van der Waals surface area contributed by atoms with Gasteiger partial charge in [-0.2, -0.15) is 0 Å².